The molecule has 65 valence electrons. The van der Waals surface area contributed by atoms with E-state index in [2.05, 4.69) is 0 Å². The molecule has 10 nitrogen and oxygen atoms in total. The van der Waals surface area contributed by atoms with E-state index in [4.69, 9.17) is 30.3 Å². The van der Waals surface area contributed by atoms with Crippen molar-refractivity contribution in [3.63, 3.8) is 0 Å². The molecular weight excluding hydrogens is 255 g/mol. The Balaban J connectivity index is -0.0000000150. The fourth-order valence-corrected chi connectivity index (χ4v) is 0. The van der Waals surface area contributed by atoms with Crippen LogP contribution in [0.4, 0.5) is 0 Å². The molecule has 0 rings (SSSR count). The van der Waals surface area contributed by atoms with E-state index in [-0.39, 0.29) is 25.6 Å². The molecule has 0 fully saturated rings. The van der Waals surface area contributed by atoms with Gasteiger partial charge in [-0.3, -0.25) is 0 Å². The molecule has 0 bridgehead atoms. The standard InChI is InChI=1S/3HNO2.N.Rh/c3*2-1-3;;/h3*(H,2,3);;/q;;;;+3/p-3. The van der Waals surface area contributed by atoms with E-state index < -0.39 is 0 Å². The molecule has 0 saturated carbocycles. The molecule has 3 radical (unpaired) electrons. The summed E-state index contributed by atoms with van der Waals surface area (Å²) in [5.41, 5.74) is 0. The van der Waals surface area contributed by atoms with Gasteiger partial charge in [-0.25, -0.2) is 0 Å². The van der Waals surface area contributed by atoms with E-state index in [1.54, 1.807) is 0 Å². The molecule has 0 aromatic rings. The maximum absolute atomic E-state index is 8.00. The number of hydrogen-bond acceptors (Lipinski definition) is 9. The Labute approximate surface area is 72.7 Å². The average Bonchev–Trinajstić information content (AvgIpc) is 1.70. The van der Waals surface area contributed by atoms with E-state index in [0.29, 0.717) is 0 Å². The first kappa shape index (κ1) is 33.0. The van der Waals surface area contributed by atoms with Crippen molar-refractivity contribution >= 4 is 0 Å². The summed E-state index contributed by atoms with van der Waals surface area (Å²) in [4.78, 5) is 24.0. The average molecular weight is 255 g/mol. The molecule has 0 amide bonds. The maximum Gasteiger partial charge on any atom is 3.00 e. The van der Waals surface area contributed by atoms with Crippen molar-refractivity contribution in [3.05, 3.63) is 30.3 Å². The summed E-state index contributed by atoms with van der Waals surface area (Å²) in [5, 5.41) is 27.0. The largest absolute Gasteiger partial charge is 3.00 e. The summed E-state index contributed by atoms with van der Waals surface area (Å²) in [7, 11) is 0. The van der Waals surface area contributed by atoms with Crippen molar-refractivity contribution in [2.75, 3.05) is 0 Å². The van der Waals surface area contributed by atoms with Gasteiger partial charge in [-0.2, -0.15) is 0 Å². The van der Waals surface area contributed by atoms with Gasteiger partial charge < -0.3 is 30.3 Å². The zero-order valence-corrected chi connectivity index (χ0v) is 6.21. The predicted molar refractivity (Wildman–Crippen MR) is 29.6 cm³/mol. The second-order valence-corrected chi connectivity index (χ2v) is 0.224. The van der Waals surface area contributed by atoms with Crippen LogP contribution < -0.4 is 6.15 Å². The molecule has 0 aromatic heterocycles. The molecule has 0 saturated heterocycles. The Hall–Kier alpha value is -1.22. The van der Waals surface area contributed by atoms with Gasteiger partial charge in [0.2, 0.25) is 0 Å². The topological polar surface area (TPSA) is 188 Å². The third kappa shape index (κ3) is 273. The van der Waals surface area contributed by atoms with Gasteiger partial charge in [0.25, 0.3) is 0 Å². The quantitative estimate of drug-likeness (QED) is 0.338. The molecule has 0 aliphatic carbocycles. The summed E-state index contributed by atoms with van der Waals surface area (Å²) in [6.45, 7) is 0. The Morgan fingerprint density at radius 3 is 0.727 bits per heavy atom. The second kappa shape index (κ2) is 167. The van der Waals surface area contributed by atoms with Crippen LogP contribution in [0.15, 0.2) is 16.0 Å². The van der Waals surface area contributed by atoms with Crippen LogP contribution in [0.2, 0.25) is 0 Å². The number of rotatable bonds is 0. The van der Waals surface area contributed by atoms with Gasteiger partial charge in [0.05, 0.1) is 0 Å². The molecule has 0 heterocycles. The Morgan fingerprint density at radius 2 is 0.727 bits per heavy atom. The van der Waals surface area contributed by atoms with Crippen molar-refractivity contribution in [2.45, 2.75) is 0 Å². The number of nitrogens with zero attached hydrogens (tertiary/aromatic N) is 4. The van der Waals surface area contributed by atoms with E-state index >= 15 is 0 Å². The summed E-state index contributed by atoms with van der Waals surface area (Å²) in [6, 6.07) is 0. The van der Waals surface area contributed by atoms with Gasteiger partial charge in [-0.1, -0.05) is 0 Å². The van der Waals surface area contributed by atoms with E-state index in [1.807, 2.05) is 0 Å². The zero-order chi connectivity index (χ0) is 8.12. The molecule has 0 spiro atoms. The third-order valence-electron chi connectivity index (χ3n) is 0. The van der Waals surface area contributed by atoms with E-state index in [0.717, 1.165) is 16.0 Å². The van der Waals surface area contributed by atoms with Gasteiger partial charge in [-0.15, -0.1) is 16.0 Å². The second-order valence-electron chi connectivity index (χ2n) is 0.224. The summed E-state index contributed by atoms with van der Waals surface area (Å²) < 4.78 is 0. The van der Waals surface area contributed by atoms with Gasteiger partial charge in [-0.05, 0) is 0 Å². The molecule has 0 aromatic carbocycles. The minimum absolute atomic E-state index is 0. The Kier molecular flexibility index (Phi) is 502. The van der Waals surface area contributed by atoms with Crippen molar-refractivity contribution < 1.29 is 19.5 Å². The first-order chi connectivity index (χ1) is 4.24. The maximum atomic E-state index is 8.00. The Bertz CT molecular complexity index is 51.3. The number of hydrogen-bond donors (Lipinski definition) is 0. The normalized spacial score (nSPS) is 3.27. The summed E-state index contributed by atoms with van der Waals surface area (Å²) in [5.74, 6) is 0. The third-order valence-corrected chi connectivity index (χ3v) is 0. The van der Waals surface area contributed by atoms with Crippen molar-refractivity contribution in [1.82, 2.24) is 6.15 Å². The summed E-state index contributed by atoms with van der Waals surface area (Å²) in [6.07, 6.45) is 0. The van der Waals surface area contributed by atoms with Gasteiger partial charge in [0.1, 0.15) is 0 Å². The van der Waals surface area contributed by atoms with Gasteiger partial charge >= 0.3 is 19.5 Å². The van der Waals surface area contributed by atoms with Gasteiger partial charge in [0, 0.05) is 6.15 Å². The molecular formula is N4O6Rh. The molecule has 0 atom stereocenters. The van der Waals surface area contributed by atoms with Crippen LogP contribution >= 0.6 is 0 Å². The fourth-order valence-electron chi connectivity index (χ4n) is 0. The first-order valence-electron chi connectivity index (χ1n) is 1.10. The first-order valence-corrected chi connectivity index (χ1v) is 1.10. The monoisotopic (exact) mass is 255 g/mol. The zero-order valence-electron chi connectivity index (χ0n) is 4.57. The van der Waals surface area contributed by atoms with Crippen LogP contribution in [0.3, 0.4) is 0 Å². The van der Waals surface area contributed by atoms with Crippen LogP contribution in [0.5, 0.6) is 0 Å². The molecule has 0 aliphatic heterocycles. The molecule has 11 heavy (non-hydrogen) atoms. The smallest absolute Gasteiger partial charge is 0.444 e. The van der Waals surface area contributed by atoms with Crippen LogP contribution in [0.1, 0.15) is 0 Å². The van der Waals surface area contributed by atoms with E-state index in [1.165, 1.54) is 0 Å². The van der Waals surface area contributed by atoms with Crippen LogP contribution in [-0.4, -0.2) is 0 Å². The minimum Gasteiger partial charge on any atom is -0.444 e. The SMILES string of the molecule is O=N[O-].O=N[O-].O=N[O-].[N].[Rh+3]. The molecule has 11 heteroatoms. The van der Waals surface area contributed by atoms with E-state index in [9.17, 15) is 0 Å². The van der Waals surface area contributed by atoms with Crippen molar-refractivity contribution in [1.29, 1.82) is 0 Å². The fraction of sp³-hybridized carbons (Fsp3) is 0. The van der Waals surface area contributed by atoms with Crippen LogP contribution in [-0.2, 0) is 19.5 Å². The van der Waals surface area contributed by atoms with Crippen molar-refractivity contribution in [2.24, 2.45) is 16.0 Å². The van der Waals surface area contributed by atoms with Crippen LogP contribution in [0.25, 0.3) is 0 Å². The molecule has 0 N–H and O–H groups in total. The Morgan fingerprint density at radius 1 is 0.727 bits per heavy atom. The molecule has 0 aliphatic rings. The van der Waals surface area contributed by atoms with Gasteiger partial charge in [0.15, 0.2) is 0 Å². The van der Waals surface area contributed by atoms with Crippen LogP contribution in [0, 0.1) is 30.3 Å². The summed E-state index contributed by atoms with van der Waals surface area (Å²) >= 11 is 0. The predicted octanol–water partition coefficient (Wildman–Crippen LogP) is 0.269. The van der Waals surface area contributed by atoms with Crippen molar-refractivity contribution in [3.8, 4) is 0 Å². The molecule has 0 unspecified atom stereocenters. The minimum atomic E-state index is 0.